The van der Waals surface area contributed by atoms with Crippen molar-refractivity contribution in [2.75, 3.05) is 5.32 Å². The zero-order chi connectivity index (χ0) is 24.9. The van der Waals surface area contributed by atoms with Gasteiger partial charge in [-0.05, 0) is 55.3 Å². The van der Waals surface area contributed by atoms with E-state index in [4.69, 9.17) is 21.1 Å². The number of hydrogen-bond acceptors (Lipinski definition) is 6. The lowest BCUT2D eigenvalue weighted by Gasteiger charge is -2.11. The van der Waals surface area contributed by atoms with Crippen molar-refractivity contribution in [2.45, 2.75) is 20.6 Å². The van der Waals surface area contributed by atoms with Crippen LogP contribution < -0.4 is 14.8 Å². The van der Waals surface area contributed by atoms with E-state index in [0.29, 0.717) is 16.5 Å². The lowest BCUT2D eigenvalue weighted by molar-refractivity contribution is -0.384. The minimum Gasteiger partial charge on any atom is -0.471 e. The number of aromatic nitrogens is 2. The molecule has 0 radical (unpaired) electrons. The van der Waals surface area contributed by atoms with Gasteiger partial charge in [0.05, 0.1) is 16.7 Å². The number of ether oxygens (including phenoxy) is 2. The Bertz CT molecular complexity index is 1400. The quantitative estimate of drug-likeness (QED) is 0.233. The van der Waals surface area contributed by atoms with Gasteiger partial charge in [0, 0.05) is 23.4 Å². The molecule has 178 valence electrons. The van der Waals surface area contributed by atoms with Crippen LogP contribution in [0.3, 0.4) is 0 Å². The SMILES string of the molecule is Cc1ccccc1OCn1ccc(C(=O)Nc2cc(Oc3ccc(Cl)cc3C)cc([N+](=O)[O-])c2)n1. The fourth-order valence-corrected chi connectivity index (χ4v) is 3.50. The number of para-hydroxylation sites is 1. The second-order valence-electron chi connectivity index (χ2n) is 7.72. The molecule has 1 amide bonds. The highest BCUT2D eigenvalue weighted by molar-refractivity contribution is 6.30. The molecule has 1 heterocycles. The maximum absolute atomic E-state index is 12.7. The van der Waals surface area contributed by atoms with E-state index in [0.717, 1.165) is 11.1 Å². The minimum absolute atomic E-state index is 0.118. The first-order valence-electron chi connectivity index (χ1n) is 10.6. The van der Waals surface area contributed by atoms with Crippen LogP contribution in [0.4, 0.5) is 11.4 Å². The van der Waals surface area contributed by atoms with Crippen LogP contribution in [0.2, 0.25) is 5.02 Å². The maximum atomic E-state index is 12.7. The molecule has 0 atom stereocenters. The third kappa shape index (κ3) is 5.96. The van der Waals surface area contributed by atoms with Crippen molar-refractivity contribution in [3.05, 3.63) is 105 Å². The van der Waals surface area contributed by atoms with E-state index in [1.807, 2.05) is 31.2 Å². The average Bonchev–Trinajstić information content (AvgIpc) is 3.29. The number of anilines is 1. The van der Waals surface area contributed by atoms with Crippen LogP contribution >= 0.6 is 11.6 Å². The number of nitro benzene ring substituents is 1. The summed E-state index contributed by atoms with van der Waals surface area (Å²) >= 11 is 5.98. The normalized spacial score (nSPS) is 10.6. The molecule has 0 fully saturated rings. The Morgan fingerprint density at radius 2 is 1.86 bits per heavy atom. The van der Waals surface area contributed by atoms with Crippen molar-refractivity contribution < 1.29 is 19.2 Å². The molecule has 0 bridgehead atoms. The van der Waals surface area contributed by atoms with Crippen molar-refractivity contribution in [3.63, 3.8) is 0 Å². The number of aryl methyl sites for hydroxylation is 2. The summed E-state index contributed by atoms with van der Waals surface area (Å²) in [6.07, 6.45) is 1.61. The Balaban J connectivity index is 1.48. The topological polar surface area (TPSA) is 109 Å². The summed E-state index contributed by atoms with van der Waals surface area (Å²) in [6, 6.07) is 18.2. The molecular formula is C25H21ClN4O5. The number of halogens is 1. The lowest BCUT2D eigenvalue weighted by atomic mass is 10.2. The molecule has 10 heteroatoms. The fraction of sp³-hybridized carbons (Fsp3) is 0.120. The van der Waals surface area contributed by atoms with Gasteiger partial charge in [0.15, 0.2) is 12.4 Å². The Labute approximate surface area is 206 Å². The summed E-state index contributed by atoms with van der Waals surface area (Å²) in [7, 11) is 0. The van der Waals surface area contributed by atoms with Crippen LogP contribution in [-0.2, 0) is 6.73 Å². The van der Waals surface area contributed by atoms with E-state index < -0.39 is 10.8 Å². The zero-order valence-corrected chi connectivity index (χ0v) is 19.7. The summed E-state index contributed by atoms with van der Waals surface area (Å²) in [4.78, 5) is 23.6. The van der Waals surface area contributed by atoms with E-state index in [1.165, 1.54) is 28.9 Å². The molecule has 0 unspecified atom stereocenters. The molecule has 0 saturated carbocycles. The number of nitrogens with one attached hydrogen (secondary N) is 1. The van der Waals surface area contributed by atoms with Crippen molar-refractivity contribution in [1.82, 2.24) is 9.78 Å². The molecule has 0 aliphatic heterocycles. The minimum atomic E-state index is -0.561. The van der Waals surface area contributed by atoms with E-state index in [-0.39, 0.29) is 29.5 Å². The first-order valence-corrected chi connectivity index (χ1v) is 10.9. The van der Waals surface area contributed by atoms with Crippen LogP contribution in [0.15, 0.2) is 72.9 Å². The second kappa shape index (κ2) is 10.3. The van der Waals surface area contributed by atoms with Gasteiger partial charge in [-0.2, -0.15) is 5.10 Å². The van der Waals surface area contributed by atoms with E-state index >= 15 is 0 Å². The van der Waals surface area contributed by atoms with Crippen LogP contribution in [0.25, 0.3) is 0 Å². The zero-order valence-electron chi connectivity index (χ0n) is 18.9. The summed E-state index contributed by atoms with van der Waals surface area (Å²) in [5.74, 6) is 0.861. The number of nitrogens with zero attached hydrogens (tertiary/aromatic N) is 3. The van der Waals surface area contributed by atoms with Gasteiger partial charge in [-0.3, -0.25) is 14.9 Å². The number of nitro groups is 1. The van der Waals surface area contributed by atoms with Gasteiger partial charge < -0.3 is 14.8 Å². The molecular weight excluding hydrogens is 472 g/mol. The molecule has 4 rings (SSSR count). The molecule has 3 aromatic carbocycles. The Hall–Kier alpha value is -4.37. The van der Waals surface area contributed by atoms with Gasteiger partial charge >= 0.3 is 0 Å². The van der Waals surface area contributed by atoms with Gasteiger partial charge in [-0.25, -0.2) is 4.68 Å². The summed E-state index contributed by atoms with van der Waals surface area (Å²) < 4.78 is 13.0. The number of rotatable bonds is 8. The van der Waals surface area contributed by atoms with Gasteiger partial charge in [0.25, 0.3) is 11.6 Å². The average molecular weight is 493 g/mol. The summed E-state index contributed by atoms with van der Waals surface area (Å²) in [5, 5.41) is 18.8. The third-order valence-corrected chi connectivity index (χ3v) is 5.28. The highest BCUT2D eigenvalue weighted by atomic mass is 35.5. The molecule has 0 saturated heterocycles. The van der Waals surface area contributed by atoms with Crippen LogP contribution in [0.5, 0.6) is 17.2 Å². The number of non-ortho nitro benzene ring substituents is 1. The number of benzene rings is 3. The monoisotopic (exact) mass is 492 g/mol. The van der Waals surface area contributed by atoms with Gasteiger partial charge in [0.1, 0.15) is 17.2 Å². The molecule has 0 aliphatic carbocycles. The van der Waals surface area contributed by atoms with Gasteiger partial charge in [0.2, 0.25) is 0 Å². The van der Waals surface area contributed by atoms with Crippen molar-refractivity contribution in [1.29, 1.82) is 0 Å². The van der Waals surface area contributed by atoms with Gasteiger partial charge in [-0.15, -0.1) is 0 Å². The second-order valence-corrected chi connectivity index (χ2v) is 8.15. The first-order chi connectivity index (χ1) is 16.8. The highest BCUT2D eigenvalue weighted by Crippen LogP contribution is 2.32. The number of carbonyl (C=O) groups excluding carboxylic acids is 1. The van der Waals surface area contributed by atoms with E-state index in [2.05, 4.69) is 10.4 Å². The number of carbonyl (C=O) groups is 1. The predicted molar refractivity (Wildman–Crippen MR) is 131 cm³/mol. The number of hydrogen-bond donors (Lipinski definition) is 1. The van der Waals surface area contributed by atoms with Crippen LogP contribution in [0.1, 0.15) is 21.6 Å². The van der Waals surface area contributed by atoms with Crippen LogP contribution in [-0.4, -0.2) is 20.6 Å². The Morgan fingerprint density at radius 1 is 1.06 bits per heavy atom. The van der Waals surface area contributed by atoms with E-state index in [1.54, 1.807) is 31.3 Å². The molecule has 4 aromatic rings. The fourth-order valence-electron chi connectivity index (χ4n) is 3.28. The summed E-state index contributed by atoms with van der Waals surface area (Å²) in [5.41, 5.74) is 1.82. The smallest absolute Gasteiger partial charge is 0.276 e. The molecule has 9 nitrogen and oxygen atoms in total. The number of amides is 1. The first kappa shape index (κ1) is 23.8. The predicted octanol–water partition coefficient (Wildman–Crippen LogP) is 6.14. The van der Waals surface area contributed by atoms with Crippen molar-refractivity contribution in [2.24, 2.45) is 0 Å². The van der Waals surface area contributed by atoms with Crippen molar-refractivity contribution >= 4 is 28.9 Å². The standard InChI is InChI=1S/C25H21ClN4O5/c1-16-5-3-4-6-23(16)34-15-29-10-9-22(28-29)25(31)27-19-12-20(30(32)33)14-21(13-19)35-24-8-7-18(26)11-17(24)2/h3-14H,15H2,1-2H3,(H,27,31). The molecule has 0 spiro atoms. The lowest BCUT2D eigenvalue weighted by Crippen LogP contribution is -2.14. The van der Waals surface area contributed by atoms with Crippen LogP contribution in [0, 0.1) is 24.0 Å². The Kier molecular flexibility index (Phi) is 6.98. The van der Waals surface area contributed by atoms with Gasteiger partial charge in [-0.1, -0.05) is 29.8 Å². The third-order valence-electron chi connectivity index (χ3n) is 5.04. The summed E-state index contributed by atoms with van der Waals surface area (Å²) in [6.45, 7) is 3.86. The highest BCUT2D eigenvalue weighted by Gasteiger charge is 2.16. The van der Waals surface area contributed by atoms with Crippen molar-refractivity contribution in [3.8, 4) is 17.2 Å². The Morgan fingerprint density at radius 3 is 2.60 bits per heavy atom. The molecule has 0 aliphatic rings. The van der Waals surface area contributed by atoms with E-state index in [9.17, 15) is 14.9 Å². The molecule has 35 heavy (non-hydrogen) atoms. The maximum Gasteiger partial charge on any atom is 0.276 e. The molecule has 1 aromatic heterocycles. The largest absolute Gasteiger partial charge is 0.471 e. The molecule has 1 N–H and O–H groups in total.